The first-order valence-electron chi connectivity index (χ1n) is 6.21. The van der Waals surface area contributed by atoms with Crippen LogP contribution in [0.3, 0.4) is 0 Å². The highest BCUT2D eigenvalue weighted by molar-refractivity contribution is 7.89. The van der Waals surface area contributed by atoms with Gasteiger partial charge in [0.1, 0.15) is 5.72 Å². The predicted octanol–water partition coefficient (Wildman–Crippen LogP) is 1.14. The van der Waals surface area contributed by atoms with E-state index in [1.165, 1.54) is 0 Å². The van der Waals surface area contributed by atoms with E-state index in [-0.39, 0.29) is 30.8 Å². The average molecular weight is 324 g/mol. The van der Waals surface area contributed by atoms with Gasteiger partial charge in [-0.05, 0) is 24.3 Å². The van der Waals surface area contributed by atoms with Crippen LogP contribution in [-0.2, 0) is 16.2 Å². The number of rotatable bonds is 2. The minimum atomic E-state index is -4.51. The Balaban J connectivity index is 2.21. The van der Waals surface area contributed by atoms with Gasteiger partial charge in [-0.3, -0.25) is 0 Å². The van der Waals surface area contributed by atoms with Crippen LogP contribution in [0, 0.1) is 0 Å². The highest BCUT2D eigenvalue weighted by Gasteiger charge is 2.35. The van der Waals surface area contributed by atoms with Gasteiger partial charge in [0.15, 0.2) is 0 Å². The van der Waals surface area contributed by atoms with Crippen molar-refractivity contribution < 1.29 is 26.7 Å². The van der Waals surface area contributed by atoms with Crippen LogP contribution in [0.2, 0.25) is 0 Å². The minimum Gasteiger partial charge on any atom is -0.376 e. The molecule has 118 valence electrons. The lowest BCUT2D eigenvalue weighted by atomic mass is 10.0. The third-order valence-corrected chi connectivity index (χ3v) is 5.32. The molecular formula is C12H15F3N2O3S. The third kappa shape index (κ3) is 3.54. The van der Waals surface area contributed by atoms with Crippen molar-refractivity contribution in [3.05, 3.63) is 29.8 Å². The number of hydrogen-bond donors (Lipinski definition) is 2. The van der Waals surface area contributed by atoms with Gasteiger partial charge in [0.2, 0.25) is 10.0 Å². The minimum absolute atomic E-state index is 0.0242. The van der Waals surface area contributed by atoms with Crippen molar-refractivity contribution in [2.45, 2.75) is 29.6 Å². The largest absolute Gasteiger partial charge is 0.416 e. The number of benzene rings is 1. The van der Waals surface area contributed by atoms with Crippen LogP contribution in [0.5, 0.6) is 0 Å². The summed E-state index contributed by atoms with van der Waals surface area (Å²) >= 11 is 0. The Labute approximate surface area is 120 Å². The van der Waals surface area contributed by atoms with Crippen LogP contribution in [-0.4, -0.2) is 36.6 Å². The maximum Gasteiger partial charge on any atom is 0.416 e. The molecule has 21 heavy (non-hydrogen) atoms. The molecule has 0 radical (unpaired) electrons. The Morgan fingerprint density at radius 2 is 1.62 bits per heavy atom. The van der Waals surface area contributed by atoms with Crippen LogP contribution in [0.1, 0.15) is 18.4 Å². The van der Waals surface area contributed by atoms with E-state index in [1.807, 2.05) is 0 Å². The molecule has 1 aromatic rings. The van der Waals surface area contributed by atoms with Gasteiger partial charge in [0, 0.05) is 25.9 Å². The molecule has 0 aromatic heterocycles. The Morgan fingerprint density at radius 1 is 1.14 bits per heavy atom. The molecule has 0 unspecified atom stereocenters. The van der Waals surface area contributed by atoms with Gasteiger partial charge < -0.3 is 10.8 Å². The van der Waals surface area contributed by atoms with E-state index < -0.39 is 27.5 Å². The van der Waals surface area contributed by atoms with Gasteiger partial charge in [0.25, 0.3) is 0 Å². The molecule has 0 atom stereocenters. The summed E-state index contributed by atoms with van der Waals surface area (Å²) in [6.07, 6.45) is -4.36. The Bertz CT molecular complexity index is 602. The topological polar surface area (TPSA) is 83.6 Å². The lowest BCUT2D eigenvalue weighted by Crippen LogP contribution is -2.51. The van der Waals surface area contributed by atoms with Crippen LogP contribution >= 0.6 is 0 Å². The molecule has 2 rings (SSSR count). The Morgan fingerprint density at radius 3 is 2.05 bits per heavy atom. The Kier molecular flexibility index (Phi) is 4.04. The molecule has 0 amide bonds. The van der Waals surface area contributed by atoms with Crippen LogP contribution in [0.15, 0.2) is 29.2 Å². The molecule has 1 aromatic carbocycles. The van der Waals surface area contributed by atoms with Gasteiger partial charge in [-0.25, -0.2) is 8.42 Å². The SMILES string of the molecule is NC1(O)CCN(S(=O)(=O)c2ccc(C(F)(F)F)cc2)CC1. The predicted molar refractivity (Wildman–Crippen MR) is 68.6 cm³/mol. The number of nitrogens with zero attached hydrogens (tertiary/aromatic N) is 1. The molecule has 1 aliphatic heterocycles. The molecule has 0 saturated carbocycles. The van der Waals surface area contributed by atoms with Gasteiger partial charge >= 0.3 is 6.18 Å². The lowest BCUT2D eigenvalue weighted by Gasteiger charge is -2.34. The summed E-state index contributed by atoms with van der Waals surface area (Å²) in [5.74, 6) is 0. The second-order valence-electron chi connectivity index (χ2n) is 5.03. The number of hydrogen-bond acceptors (Lipinski definition) is 4. The second kappa shape index (κ2) is 5.24. The first kappa shape index (κ1) is 16.2. The zero-order valence-corrected chi connectivity index (χ0v) is 11.8. The first-order valence-corrected chi connectivity index (χ1v) is 7.65. The number of aliphatic hydroxyl groups is 1. The highest BCUT2D eigenvalue weighted by atomic mass is 32.2. The number of nitrogens with two attached hydrogens (primary N) is 1. The zero-order valence-electron chi connectivity index (χ0n) is 11.0. The number of piperidine rings is 1. The number of halogens is 3. The Hall–Kier alpha value is -1.16. The maximum absolute atomic E-state index is 12.5. The van der Waals surface area contributed by atoms with Gasteiger partial charge in [0.05, 0.1) is 10.5 Å². The van der Waals surface area contributed by atoms with Gasteiger partial charge in [-0.1, -0.05) is 0 Å². The van der Waals surface area contributed by atoms with Crippen LogP contribution in [0.4, 0.5) is 13.2 Å². The number of sulfonamides is 1. The first-order chi connectivity index (χ1) is 9.52. The van der Waals surface area contributed by atoms with Crippen molar-refractivity contribution in [1.29, 1.82) is 0 Å². The summed E-state index contributed by atoms with van der Waals surface area (Å²) in [5, 5.41) is 9.59. The summed E-state index contributed by atoms with van der Waals surface area (Å²) in [7, 11) is -3.88. The second-order valence-corrected chi connectivity index (χ2v) is 6.97. The average Bonchev–Trinajstić information content (AvgIpc) is 2.37. The van der Waals surface area contributed by atoms with Crippen molar-refractivity contribution >= 4 is 10.0 Å². The molecule has 9 heteroatoms. The monoisotopic (exact) mass is 324 g/mol. The van der Waals surface area contributed by atoms with E-state index in [4.69, 9.17) is 5.73 Å². The number of alkyl halides is 3. The third-order valence-electron chi connectivity index (χ3n) is 3.41. The zero-order chi connectivity index (χ0) is 15.9. The van der Waals surface area contributed by atoms with E-state index in [1.54, 1.807) is 0 Å². The fraction of sp³-hybridized carbons (Fsp3) is 0.500. The fourth-order valence-electron chi connectivity index (χ4n) is 2.08. The van der Waals surface area contributed by atoms with Crippen molar-refractivity contribution in [3.63, 3.8) is 0 Å². The quantitative estimate of drug-likeness (QED) is 0.799. The molecule has 1 saturated heterocycles. The highest BCUT2D eigenvalue weighted by Crippen LogP contribution is 2.30. The smallest absolute Gasteiger partial charge is 0.376 e. The van der Waals surface area contributed by atoms with Crippen LogP contribution < -0.4 is 5.73 Å². The van der Waals surface area contributed by atoms with E-state index in [0.29, 0.717) is 0 Å². The van der Waals surface area contributed by atoms with Crippen molar-refractivity contribution in [2.24, 2.45) is 5.73 Å². The molecule has 0 aliphatic carbocycles. The standard InChI is InChI=1S/C12H15F3N2O3S/c13-12(14,15)9-1-3-10(4-2-9)21(19,20)17-7-5-11(16,18)6-8-17/h1-4,18H,5-8,16H2. The summed E-state index contributed by atoms with van der Waals surface area (Å²) < 4.78 is 63.0. The molecule has 0 spiro atoms. The summed E-state index contributed by atoms with van der Waals surface area (Å²) in [5.41, 5.74) is 3.20. The van der Waals surface area contributed by atoms with E-state index in [2.05, 4.69) is 0 Å². The normalized spacial score (nSPS) is 20.4. The van der Waals surface area contributed by atoms with Crippen LogP contribution in [0.25, 0.3) is 0 Å². The van der Waals surface area contributed by atoms with Crippen molar-refractivity contribution in [3.8, 4) is 0 Å². The molecule has 3 N–H and O–H groups in total. The van der Waals surface area contributed by atoms with Crippen molar-refractivity contribution in [2.75, 3.05) is 13.1 Å². The van der Waals surface area contributed by atoms with Crippen molar-refractivity contribution in [1.82, 2.24) is 4.31 Å². The molecule has 0 bridgehead atoms. The molecule has 5 nitrogen and oxygen atoms in total. The lowest BCUT2D eigenvalue weighted by molar-refractivity contribution is -0.137. The summed E-state index contributed by atoms with van der Waals surface area (Å²) in [6.45, 7) is 0.0483. The molecule has 1 fully saturated rings. The summed E-state index contributed by atoms with van der Waals surface area (Å²) in [4.78, 5) is -0.210. The molecule has 1 aliphatic rings. The summed E-state index contributed by atoms with van der Waals surface area (Å²) in [6, 6.07) is 3.33. The molecular weight excluding hydrogens is 309 g/mol. The van der Waals surface area contributed by atoms with Gasteiger partial charge in [-0.15, -0.1) is 0 Å². The maximum atomic E-state index is 12.5. The van der Waals surface area contributed by atoms with E-state index >= 15 is 0 Å². The fourth-order valence-corrected chi connectivity index (χ4v) is 3.52. The van der Waals surface area contributed by atoms with E-state index in [0.717, 1.165) is 28.6 Å². The van der Waals surface area contributed by atoms with Gasteiger partial charge in [-0.2, -0.15) is 17.5 Å². The van der Waals surface area contributed by atoms with E-state index in [9.17, 15) is 26.7 Å². The molecule has 1 heterocycles.